The number of carbonyl (C=O) groups is 2. The maximum Gasteiger partial charge on any atom is 0.335 e. The van der Waals surface area contributed by atoms with Gasteiger partial charge < -0.3 is 9.47 Å². The topological polar surface area (TPSA) is 52.6 Å². The summed E-state index contributed by atoms with van der Waals surface area (Å²) in [7, 11) is 0. The van der Waals surface area contributed by atoms with E-state index in [2.05, 4.69) is 6.58 Å². The van der Waals surface area contributed by atoms with Crippen molar-refractivity contribution >= 4 is 11.9 Å². The lowest BCUT2D eigenvalue weighted by Gasteiger charge is -2.06. The zero-order chi connectivity index (χ0) is 13.4. The Balaban J connectivity index is 2.61. The highest BCUT2D eigenvalue weighted by Crippen LogP contribution is 2.20. The van der Waals surface area contributed by atoms with Gasteiger partial charge in [-0.2, -0.15) is 0 Å². The van der Waals surface area contributed by atoms with Gasteiger partial charge in [0.1, 0.15) is 11.5 Å². The molecule has 18 heavy (non-hydrogen) atoms. The van der Waals surface area contributed by atoms with E-state index in [0.29, 0.717) is 17.9 Å². The smallest absolute Gasteiger partial charge is 0.335 e. The van der Waals surface area contributed by atoms with Crippen molar-refractivity contribution in [2.45, 2.75) is 26.2 Å². The van der Waals surface area contributed by atoms with E-state index in [1.165, 1.54) is 6.07 Å². The zero-order valence-electron chi connectivity index (χ0n) is 10.3. The van der Waals surface area contributed by atoms with Crippen LogP contribution in [0.2, 0.25) is 0 Å². The van der Waals surface area contributed by atoms with Gasteiger partial charge >= 0.3 is 11.9 Å². The van der Waals surface area contributed by atoms with Crippen LogP contribution in [0, 0.1) is 0 Å². The molecule has 0 aromatic heterocycles. The fourth-order valence-corrected chi connectivity index (χ4v) is 1.26. The van der Waals surface area contributed by atoms with Crippen molar-refractivity contribution in [1.29, 1.82) is 0 Å². The minimum absolute atomic E-state index is 0.288. The van der Waals surface area contributed by atoms with Gasteiger partial charge in [0, 0.05) is 18.6 Å². The number of rotatable bonds is 6. The summed E-state index contributed by atoms with van der Waals surface area (Å²) in [6.45, 7) is 5.30. The summed E-state index contributed by atoms with van der Waals surface area (Å²) in [5.74, 6) is -0.153. The van der Waals surface area contributed by atoms with Crippen LogP contribution >= 0.6 is 0 Å². The molecule has 0 atom stereocenters. The molecular formula is C14H16O4. The first kappa shape index (κ1) is 14.0. The molecule has 0 fully saturated rings. The van der Waals surface area contributed by atoms with E-state index in [9.17, 15) is 9.59 Å². The Kier molecular flexibility index (Phi) is 5.64. The summed E-state index contributed by atoms with van der Waals surface area (Å²) in [4.78, 5) is 22.4. The van der Waals surface area contributed by atoms with Crippen molar-refractivity contribution in [2.24, 2.45) is 0 Å². The number of hydrogen-bond donors (Lipinski definition) is 0. The van der Waals surface area contributed by atoms with Crippen LogP contribution in [0.4, 0.5) is 0 Å². The van der Waals surface area contributed by atoms with Crippen LogP contribution in [0.3, 0.4) is 0 Å². The fourth-order valence-electron chi connectivity index (χ4n) is 1.26. The molecular weight excluding hydrogens is 232 g/mol. The molecule has 0 aliphatic heterocycles. The van der Waals surface area contributed by atoms with Crippen molar-refractivity contribution < 1.29 is 19.1 Å². The van der Waals surface area contributed by atoms with E-state index >= 15 is 0 Å². The molecule has 0 heterocycles. The van der Waals surface area contributed by atoms with E-state index < -0.39 is 5.97 Å². The van der Waals surface area contributed by atoms with E-state index in [4.69, 9.17) is 9.47 Å². The number of benzene rings is 1. The lowest BCUT2D eigenvalue weighted by molar-refractivity contribution is -0.134. The van der Waals surface area contributed by atoms with E-state index in [-0.39, 0.29) is 5.97 Å². The Morgan fingerprint density at radius 3 is 2.56 bits per heavy atom. The van der Waals surface area contributed by atoms with Crippen LogP contribution in [0.15, 0.2) is 36.9 Å². The van der Waals surface area contributed by atoms with Crippen molar-refractivity contribution in [3.8, 4) is 11.5 Å². The summed E-state index contributed by atoms with van der Waals surface area (Å²) in [5, 5.41) is 0. The first-order valence-electron chi connectivity index (χ1n) is 5.80. The molecule has 0 aliphatic carbocycles. The molecule has 4 nitrogen and oxygen atoms in total. The number of carbonyl (C=O) groups excluding carboxylic acids is 2. The fraction of sp³-hybridized carbons (Fsp3) is 0.286. The Bertz CT molecular complexity index is 437. The molecule has 1 aromatic rings. The highest BCUT2D eigenvalue weighted by Gasteiger charge is 2.06. The molecule has 96 valence electrons. The van der Waals surface area contributed by atoms with Crippen LogP contribution in [0.25, 0.3) is 0 Å². The Morgan fingerprint density at radius 2 is 1.94 bits per heavy atom. The first-order valence-corrected chi connectivity index (χ1v) is 5.80. The van der Waals surface area contributed by atoms with Gasteiger partial charge in [-0.05, 0) is 18.6 Å². The lowest BCUT2D eigenvalue weighted by Crippen LogP contribution is -2.08. The standard InChI is InChI=1S/C14H16O4/c1-3-5-9-14(16)18-12-8-6-7-11(10-12)17-13(15)4-2/h4,6-8,10H,2-3,5,9H2,1H3. The van der Waals surface area contributed by atoms with Crippen LogP contribution < -0.4 is 9.47 Å². The van der Waals surface area contributed by atoms with Gasteiger partial charge in [0.15, 0.2) is 0 Å². The third-order valence-corrected chi connectivity index (χ3v) is 2.16. The molecule has 0 spiro atoms. The Morgan fingerprint density at radius 1 is 1.28 bits per heavy atom. The molecule has 4 heteroatoms. The van der Waals surface area contributed by atoms with Crippen molar-refractivity contribution in [3.05, 3.63) is 36.9 Å². The van der Waals surface area contributed by atoms with Gasteiger partial charge in [-0.1, -0.05) is 26.0 Å². The Labute approximate surface area is 106 Å². The molecule has 0 saturated carbocycles. The third kappa shape index (κ3) is 4.82. The maximum atomic E-state index is 11.4. The van der Waals surface area contributed by atoms with E-state index in [1.54, 1.807) is 18.2 Å². The van der Waals surface area contributed by atoms with Gasteiger partial charge in [0.05, 0.1) is 0 Å². The highest BCUT2D eigenvalue weighted by molar-refractivity contribution is 5.83. The molecule has 0 radical (unpaired) electrons. The number of unbranched alkanes of at least 4 members (excludes halogenated alkanes) is 1. The summed E-state index contributed by atoms with van der Waals surface area (Å²) in [5.41, 5.74) is 0. The largest absolute Gasteiger partial charge is 0.426 e. The van der Waals surface area contributed by atoms with Gasteiger partial charge in [0.25, 0.3) is 0 Å². The molecule has 0 aliphatic rings. The van der Waals surface area contributed by atoms with Gasteiger partial charge in [-0.3, -0.25) is 4.79 Å². The second-order valence-corrected chi connectivity index (χ2v) is 3.68. The van der Waals surface area contributed by atoms with Crippen LogP contribution in [-0.2, 0) is 9.59 Å². The van der Waals surface area contributed by atoms with Crippen LogP contribution in [-0.4, -0.2) is 11.9 Å². The lowest BCUT2D eigenvalue weighted by atomic mass is 10.2. The number of esters is 2. The van der Waals surface area contributed by atoms with Crippen molar-refractivity contribution in [2.75, 3.05) is 0 Å². The average Bonchev–Trinajstić information content (AvgIpc) is 2.36. The van der Waals surface area contributed by atoms with Gasteiger partial charge in [-0.25, -0.2) is 4.79 Å². The van der Waals surface area contributed by atoms with Crippen LogP contribution in [0.5, 0.6) is 11.5 Å². The minimum Gasteiger partial charge on any atom is -0.426 e. The molecule has 0 amide bonds. The predicted octanol–water partition coefficient (Wildman–Crippen LogP) is 2.87. The first-order chi connectivity index (χ1) is 8.65. The van der Waals surface area contributed by atoms with Crippen molar-refractivity contribution in [3.63, 3.8) is 0 Å². The predicted molar refractivity (Wildman–Crippen MR) is 67.4 cm³/mol. The molecule has 1 aromatic carbocycles. The molecule has 0 N–H and O–H groups in total. The van der Waals surface area contributed by atoms with Crippen molar-refractivity contribution in [1.82, 2.24) is 0 Å². The van der Waals surface area contributed by atoms with E-state index in [0.717, 1.165) is 18.9 Å². The Hall–Kier alpha value is -2.10. The maximum absolute atomic E-state index is 11.4. The second-order valence-electron chi connectivity index (χ2n) is 3.68. The second kappa shape index (κ2) is 7.27. The molecule has 1 rings (SSSR count). The summed E-state index contributed by atoms with van der Waals surface area (Å²) >= 11 is 0. The third-order valence-electron chi connectivity index (χ3n) is 2.16. The van der Waals surface area contributed by atoms with E-state index in [1.807, 2.05) is 6.92 Å². The summed E-state index contributed by atoms with van der Waals surface area (Å²) in [6, 6.07) is 6.37. The quantitative estimate of drug-likeness (QED) is 0.441. The number of ether oxygens (including phenoxy) is 2. The number of hydrogen-bond acceptors (Lipinski definition) is 4. The van der Waals surface area contributed by atoms with Gasteiger partial charge in [0.2, 0.25) is 0 Å². The molecule has 0 bridgehead atoms. The average molecular weight is 248 g/mol. The summed E-state index contributed by atoms with van der Waals surface area (Å²) < 4.78 is 10.0. The monoisotopic (exact) mass is 248 g/mol. The normalized spacial score (nSPS) is 9.61. The van der Waals surface area contributed by atoms with Crippen LogP contribution in [0.1, 0.15) is 26.2 Å². The summed E-state index contributed by atoms with van der Waals surface area (Å²) in [6.07, 6.45) is 3.18. The highest BCUT2D eigenvalue weighted by atomic mass is 16.5. The van der Waals surface area contributed by atoms with Gasteiger partial charge in [-0.15, -0.1) is 0 Å². The molecule has 0 unspecified atom stereocenters. The minimum atomic E-state index is -0.551. The molecule has 0 saturated heterocycles. The zero-order valence-corrected chi connectivity index (χ0v) is 10.3. The SMILES string of the molecule is C=CC(=O)Oc1cccc(OC(=O)CCCC)c1.